The van der Waals surface area contributed by atoms with Crippen LogP contribution in [0.15, 0.2) is 0 Å². The lowest BCUT2D eigenvalue weighted by molar-refractivity contribution is -0.145. The minimum absolute atomic E-state index is 0.527. The summed E-state index contributed by atoms with van der Waals surface area (Å²) in [6, 6.07) is 0. The SMILES string of the molecule is CCNC(CC)(CCCOCC(C)C)C(=O)O. The van der Waals surface area contributed by atoms with Crippen molar-refractivity contribution in [2.75, 3.05) is 19.8 Å². The van der Waals surface area contributed by atoms with Gasteiger partial charge in [0.1, 0.15) is 5.54 Å². The standard InChI is InChI=1S/C13H27NO3/c1-5-13(12(15)16,14-6-2)8-7-9-17-10-11(3)4/h11,14H,5-10H2,1-4H3,(H,15,16). The highest BCUT2D eigenvalue weighted by Gasteiger charge is 2.34. The lowest BCUT2D eigenvalue weighted by Gasteiger charge is -2.29. The second-order valence-electron chi connectivity index (χ2n) is 4.84. The third kappa shape index (κ3) is 6.03. The molecule has 0 aromatic rings. The smallest absolute Gasteiger partial charge is 0.323 e. The Bertz CT molecular complexity index is 219. The molecule has 0 heterocycles. The first kappa shape index (κ1) is 16.4. The van der Waals surface area contributed by atoms with Crippen molar-refractivity contribution in [1.29, 1.82) is 0 Å². The topological polar surface area (TPSA) is 58.6 Å². The number of carboxylic acids is 1. The molecule has 0 bridgehead atoms. The highest BCUT2D eigenvalue weighted by Crippen LogP contribution is 2.18. The highest BCUT2D eigenvalue weighted by atomic mass is 16.5. The molecule has 0 aliphatic heterocycles. The van der Waals surface area contributed by atoms with Crippen LogP contribution in [0.1, 0.15) is 47.0 Å². The molecule has 0 rings (SSSR count). The van der Waals surface area contributed by atoms with Gasteiger partial charge in [-0.1, -0.05) is 27.7 Å². The van der Waals surface area contributed by atoms with Crippen LogP contribution in [0.3, 0.4) is 0 Å². The number of carbonyl (C=O) groups is 1. The van der Waals surface area contributed by atoms with Gasteiger partial charge in [-0.3, -0.25) is 4.79 Å². The summed E-state index contributed by atoms with van der Waals surface area (Å²) < 4.78 is 5.47. The zero-order valence-corrected chi connectivity index (χ0v) is 11.6. The first-order valence-corrected chi connectivity index (χ1v) is 6.54. The van der Waals surface area contributed by atoms with Gasteiger partial charge in [0.25, 0.3) is 0 Å². The Morgan fingerprint density at radius 3 is 2.47 bits per heavy atom. The van der Waals surface area contributed by atoms with E-state index < -0.39 is 11.5 Å². The van der Waals surface area contributed by atoms with Crippen LogP contribution >= 0.6 is 0 Å². The Labute approximate surface area is 105 Å². The van der Waals surface area contributed by atoms with Crippen molar-refractivity contribution in [3.63, 3.8) is 0 Å². The normalized spacial score (nSPS) is 14.9. The van der Waals surface area contributed by atoms with Crippen molar-refractivity contribution in [3.8, 4) is 0 Å². The van der Waals surface area contributed by atoms with Crippen LogP contribution in [0.2, 0.25) is 0 Å². The van der Waals surface area contributed by atoms with Crippen molar-refractivity contribution < 1.29 is 14.6 Å². The molecule has 4 nitrogen and oxygen atoms in total. The van der Waals surface area contributed by atoms with E-state index in [1.807, 2.05) is 13.8 Å². The molecule has 0 aliphatic carbocycles. The van der Waals surface area contributed by atoms with Crippen LogP contribution in [-0.4, -0.2) is 36.4 Å². The van der Waals surface area contributed by atoms with E-state index in [2.05, 4.69) is 19.2 Å². The molecule has 0 saturated heterocycles. The second kappa shape index (κ2) is 8.48. The van der Waals surface area contributed by atoms with Crippen LogP contribution < -0.4 is 5.32 Å². The number of likely N-dealkylation sites (N-methyl/N-ethyl adjacent to an activating group) is 1. The molecule has 0 spiro atoms. The maximum atomic E-state index is 11.3. The highest BCUT2D eigenvalue weighted by molar-refractivity contribution is 5.78. The average Bonchev–Trinajstić information content (AvgIpc) is 2.26. The number of hydrogen-bond acceptors (Lipinski definition) is 3. The predicted octanol–water partition coefficient (Wildman–Crippen LogP) is 2.28. The number of carboxylic acid groups (broad SMARTS) is 1. The van der Waals surface area contributed by atoms with Gasteiger partial charge in [0.15, 0.2) is 0 Å². The van der Waals surface area contributed by atoms with E-state index >= 15 is 0 Å². The summed E-state index contributed by atoms with van der Waals surface area (Å²) in [5.74, 6) is -0.232. The second-order valence-corrected chi connectivity index (χ2v) is 4.84. The summed E-state index contributed by atoms with van der Waals surface area (Å²) in [5.41, 5.74) is -0.782. The molecule has 4 heteroatoms. The van der Waals surface area contributed by atoms with Gasteiger partial charge in [-0.25, -0.2) is 0 Å². The molecule has 0 radical (unpaired) electrons. The Morgan fingerprint density at radius 2 is 2.06 bits per heavy atom. The predicted molar refractivity (Wildman–Crippen MR) is 69.2 cm³/mol. The van der Waals surface area contributed by atoms with Gasteiger partial charge in [0, 0.05) is 13.2 Å². The number of nitrogens with one attached hydrogen (secondary N) is 1. The van der Waals surface area contributed by atoms with Crippen molar-refractivity contribution >= 4 is 5.97 Å². The van der Waals surface area contributed by atoms with Crippen molar-refractivity contribution in [3.05, 3.63) is 0 Å². The number of aliphatic carboxylic acids is 1. The lowest BCUT2D eigenvalue weighted by atomic mass is 9.90. The Hall–Kier alpha value is -0.610. The molecule has 0 saturated carbocycles. The first-order valence-electron chi connectivity index (χ1n) is 6.54. The van der Waals surface area contributed by atoms with Crippen LogP contribution in [0, 0.1) is 5.92 Å². The monoisotopic (exact) mass is 245 g/mol. The van der Waals surface area contributed by atoms with E-state index in [9.17, 15) is 9.90 Å². The summed E-state index contributed by atoms with van der Waals surface area (Å²) in [5, 5.41) is 12.4. The summed E-state index contributed by atoms with van der Waals surface area (Å²) in [4.78, 5) is 11.3. The Balaban J connectivity index is 4.04. The van der Waals surface area contributed by atoms with Crippen LogP contribution in [0.4, 0.5) is 0 Å². The summed E-state index contributed by atoms with van der Waals surface area (Å²) in [7, 11) is 0. The first-order chi connectivity index (χ1) is 7.98. The fraction of sp³-hybridized carbons (Fsp3) is 0.923. The molecule has 0 aromatic carbocycles. The van der Waals surface area contributed by atoms with Gasteiger partial charge in [-0.05, 0) is 31.7 Å². The van der Waals surface area contributed by atoms with Gasteiger partial charge in [-0.15, -0.1) is 0 Å². The number of ether oxygens (including phenoxy) is 1. The maximum Gasteiger partial charge on any atom is 0.323 e. The zero-order valence-electron chi connectivity index (χ0n) is 11.6. The summed E-state index contributed by atoms with van der Waals surface area (Å²) in [6.45, 7) is 10.1. The number of rotatable bonds is 10. The average molecular weight is 245 g/mol. The van der Waals surface area contributed by atoms with E-state index in [1.165, 1.54) is 0 Å². The quantitative estimate of drug-likeness (QED) is 0.580. The van der Waals surface area contributed by atoms with Crippen molar-refractivity contribution in [2.24, 2.45) is 5.92 Å². The third-order valence-electron chi connectivity index (χ3n) is 2.87. The summed E-state index contributed by atoms with van der Waals surface area (Å²) in [6.07, 6.45) is 1.99. The molecule has 0 fully saturated rings. The molecular weight excluding hydrogens is 218 g/mol. The maximum absolute atomic E-state index is 11.3. The van der Waals surface area contributed by atoms with Crippen LogP contribution in [0.25, 0.3) is 0 Å². The largest absolute Gasteiger partial charge is 0.480 e. The van der Waals surface area contributed by atoms with Gasteiger partial charge in [0.05, 0.1) is 0 Å². The van der Waals surface area contributed by atoms with Gasteiger partial charge >= 0.3 is 5.97 Å². The van der Waals surface area contributed by atoms with E-state index in [1.54, 1.807) is 0 Å². The minimum Gasteiger partial charge on any atom is -0.480 e. The van der Waals surface area contributed by atoms with Gasteiger partial charge in [0.2, 0.25) is 0 Å². The van der Waals surface area contributed by atoms with E-state index in [0.717, 1.165) is 13.0 Å². The molecular formula is C13H27NO3. The minimum atomic E-state index is -0.782. The van der Waals surface area contributed by atoms with Crippen molar-refractivity contribution in [1.82, 2.24) is 5.32 Å². The molecule has 1 unspecified atom stereocenters. The van der Waals surface area contributed by atoms with Crippen LogP contribution in [-0.2, 0) is 9.53 Å². The Kier molecular flexibility index (Phi) is 8.17. The van der Waals surface area contributed by atoms with Gasteiger partial charge in [-0.2, -0.15) is 0 Å². The van der Waals surface area contributed by atoms with E-state index in [4.69, 9.17) is 4.74 Å². The molecule has 1 atom stereocenters. The zero-order chi connectivity index (χ0) is 13.3. The van der Waals surface area contributed by atoms with E-state index in [0.29, 0.717) is 31.9 Å². The summed E-state index contributed by atoms with van der Waals surface area (Å²) >= 11 is 0. The van der Waals surface area contributed by atoms with E-state index in [-0.39, 0.29) is 0 Å². The molecule has 0 aliphatic rings. The Morgan fingerprint density at radius 1 is 1.41 bits per heavy atom. The fourth-order valence-corrected chi connectivity index (χ4v) is 1.86. The fourth-order valence-electron chi connectivity index (χ4n) is 1.86. The number of hydrogen-bond donors (Lipinski definition) is 2. The lowest BCUT2D eigenvalue weighted by Crippen LogP contribution is -2.51. The molecule has 0 amide bonds. The van der Waals surface area contributed by atoms with Gasteiger partial charge < -0.3 is 15.2 Å². The van der Waals surface area contributed by atoms with Crippen molar-refractivity contribution in [2.45, 2.75) is 52.5 Å². The molecule has 0 aromatic heterocycles. The molecule has 2 N–H and O–H groups in total. The van der Waals surface area contributed by atoms with Crippen LogP contribution in [0.5, 0.6) is 0 Å². The third-order valence-corrected chi connectivity index (χ3v) is 2.87. The molecule has 17 heavy (non-hydrogen) atoms. The molecule has 102 valence electrons.